The fraction of sp³-hybridized carbons (Fsp3) is 0.273. The third-order valence-corrected chi connectivity index (χ3v) is 4.03. The van der Waals surface area contributed by atoms with Crippen LogP contribution in [0.3, 0.4) is 0 Å². The van der Waals surface area contributed by atoms with E-state index in [1.165, 1.54) is 0 Å². The van der Waals surface area contributed by atoms with Crippen LogP contribution in [0.15, 0.2) is 19.2 Å². The standard InChI is InChI=1S/C11H10Cl2N6OS/c1-4(14-2)10-16-17-11(20-10)15-7-5(12)3-6(13)8-9(7)19-21-18-8/h3-4,14H,1-2H3,(H,15,17). The van der Waals surface area contributed by atoms with Gasteiger partial charge >= 0.3 is 6.01 Å². The van der Waals surface area contributed by atoms with Gasteiger partial charge in [0.2, 0.25) is 5.89 Å². The summed E-state index contributed by atoms with van der Waals surface area (Å²) in [5.74, 6) is 0.470. The molecule has 0 aliphatic carbocycles. The molecule has 0 amide bonds. The normalized spacial score (nSPS) is 13.9. The maximum Gasteiger partial charge on any atom is 0.320 e. The Kier molecular flexibility index (Phi) is 3.94. The average Bonchev–Trinajstić information content (AvgIpc) is 3.11. The van der Waals surface area contributed by atoms with E-state index in [4.69, 9.17) is 27.6 Å². The molecule has 2 heterocycles. The third kappa shape index (κ3) is 2.67. The first kappa shape index (κ1) is 14.5. The van der Waals surface area contributed by atoms with Crippen molar-refractivity contribution in [2.75, 3.05) is 12.4 Å². The van der Waals surface area contributed by atoms with Crippen LogP contribution in [0.5, 0.6) is 0 Å². The summed E-state index contributed by atoms with van der Waals surface area (Å²) in [6, 6.07) is 1.78. The third-order valence-electron chi connectivity index (χ3n) is 2.92. The molecule has 1 aromatic heterocycles. The van der Waals surface area contributed by atoms with Gasteiger partial charge in [0, 0.05) is 0 Å². The summed E-state index contributed by atoms with van der Waals surface area (Å²) in [5, 5.41) is 14.7. The Morgan fingerprint density at radius 3 is 2.71 bits per heavy atom. The maximum absolute atomic E-state index is 6.20. The van der Waals surface area contributed by atoms with Gasteiger partial charge in [-0.15, -0.1) is 5.10 Å². The zero-order valence-electron chi connectivity index (χ0n) is 11.0. The minimum Gasteiger partial charge on any atom is -0.406 e. The fourth-order valence-electron chi connectivity index (χ4n) is 1.68. The molecule has 2 N–H and O–H groups in total. The first-order chi connectivity index (χ1) is 10.1. The molecule has 0 saturated carbocycles. The van der Waals surface area contributed by atoms with Gasteiger partial charge < -0.3 is 15.1 Å². The largest absolute Gasteiger partial charge is 0.406 e. The highest BCUT2D eigenvalue weighted by Crippen LogP contribution is 2.48. The predicted molar refractivity (Wildman–Crippen MR) is 83.1 cm³/mol. The Labute approximate surface area is 133 Å². The molecular weight excluding hydrogens is 335 g/mol. The zero-order valence-corrected chi connectivity index (χ0v) is 13.3. The Morgan fingerprint density at radius 2 is 1.95 bits per heavy atom. The van der Waals surface area contributed by atoms with Gasteiger partial charge in [0.15, 0.2) is 0 Å². The van der Waals surface area contributed by atoms with E-state index >= 15 is 0 Å². The van der Waals surface area contributed by atoms with Crippen LogP contribution in [0, 0.1) is 0 Å². The summed E-state index contributed by atoms with van der Waals surface area (Å²) in [4.78, 5) is 0. The molecule has 0 fully saturated rings. The molecule has 7 nitrogen and oxygen atoms in total. The van der Waals surface area contributed by atoms with E-state index in [-0.39, 0.29) is 12.1 Å². The summed E-state index contributed by atoms with van der Waals surface area (Å²) in [6.45, 7) is 1.91. The number of halogens is 2. The van der Waals surface area contributed by atoms with Crippen molar-refractivity contribution in [3.8, 4) is 0 Å². The van der Waals surface area contributed by atoms with Gasteiger partial charge in [-0.25, -0.2) is 0 Å². The molecule has 21 heavy (non-hydrogen) atoms. The van der Waals surface area contributed by atoms with Crippen LogP contribution in [0.1, 0.15) is 18.9 Å². The topological polar surface area (TPSA) is 87.7 Å². The number of fused-ring (bicyclic) bond motifs is 1. The molecule has 0 bridgehead atoms. The van der Waals surface area contributed by atoms with Gasteiger partial charge in [0.1, 0.15) is 11.4 Å². The minimum absolute atomic E-state index is 0.0466. The number of nitrogens with one attached hydrogen (secondary N) is 2. The van der Waals surface area contributed by atoms with Crippen molar-refractivity contribution >= 4 is 57.6 Å². The zero-order chi connectivity index (χ0) is 15.0. The predicted octanol–water partition coefficient (Wildman–Crippen LogP) is 4.13. The van der Waals surface area contributed by atoms with E-state index in [1.807, 2.05) is 14.0 Å². The average molecular weight is 345 g/mol. The van der Waals surface area contributed by atoms with Gasteiger partial charge in [-0.05, 0) is 20.0 Å². The molecule has 110 valence electrons. The fourth-order valence-corrected chi connectivity index (χ4v) is 2.84. The van der Waals surface area contributed by atoms with Crippen LogP contribution < -0.4 is 10.6 Å². The number of hydrogen-bond donors (Lipinski definition) is 2. The molecule has 0 radical (unpaired) electrons. The van der Waals surface area contributed by atoms with Crippen molar-refractivity contribution < 1.29 is 4.42 Å². The smallest absolute Gasteiger partial charge is 0.320 e. The highest BCUT2D eigenvalue weighted by molar-refractivity contribution is 7.58. The van der Waals surface area contributed by atoms with E-state index in [0.717, 1.165) is 11.4 Å². The highest BCUT2D eigenvalue weighted by Gasteiger charge is 2.21. The van der Waals surface area contributed by atoms with Gasteiger partial charge in [-0.3, -0.25) is 0 Å². The number of benzene rings is 1. The van der Waals surface area contributed by atoms with Crippen LogP contribution in [-0.2, 0) is 11.4 Å². The molecule has 0 saturated heterocycles. The van der Waals surface area contributed by atoms with E-state index in [0.29, 0.717) is 33.0 Å². The van der Waals surface area contributed by atoms with E-state index in [9.17, 15) is 0 Å². The quantitative estimate of drug-likeness (QED) is 0.742. The number of nitrogens with zero attached hydrogens (tertiary/aromatic N) is 4. The number of anilines is 2. The van der Waals surface area contributed by atoms with Crippen LogP contribution in [-0.4, -0.2) is 17.2 Å². The van der Waals surface area contributed by atoms with Crippen molar-refractivity contribution in [3.05, 3.63) is 22.0 Å². The minimum atomic E-state index is -0.0466. The van der Waals surface area contributed by atoms with E-state index in [1.54, 1.807) is 6.07 Å². The van der Waals surface area contributed by atoms with Crippen LogP contribution in [0.4, 0.5) is 23.1 Å². The lowest BCUT2D eigenvalue weighted by Crippen LogP contribution is -2.12. The van der Waals surface area contributed by atoms with Crippen molar-refractivity contribution in [1.29, 1.82) is 0 Å². The lowest BCUT2D eigenvalue weighted by atomic mass is 10.2. The molecule has 0 spiro atoms. The number of rotatable bonds is 4. The molecule has 3 rings (SSSR count). The second-order valence-electron chi connectivity index (χ2n) is 4.26. The second-order valence-corrected chi connectivity index (χ2v) is 5.60. The first-order valence-electron chi connectivity index (χ1n) is 5.98. The van der Waals surface area contributed by atoms with Crippen LogP contribution in [0.25, 0.3) is 0 Å². The maximum atomic E-state index is 6.20. The Bertz CT molecular complexity index is 770. The Morgan fingerprint density at radius 1 is 1.19 bits per heavy atom. The summed E-state index contributed by atoms with van der Waals surface area (Å²) in [7, 11) is 1.81. The highest BCUT2D eigenvalue weighted by atomic mass is 35.5. The van der Waals surface area contributed by atoms with Crippen LogP contribution in [0.2, 0.25) is 10.0 Å². The van der Waals surface area contributed by atoms with Gasteiger partial charge in [0.25, 0.3) is 0 Å². The molecule has 1 aliphatic rings. The van der Waals surface area contributed by atoms with Crippen molar-refractivity contribution in [2.45, 2.75) is 13.0 Å². The first-order valence-corrected chi connectivity index (χ1v) is 7.46. The van der Waals surface area contributed by atoms with Gasteiger partial charge in [-0.2, -0.15) is 8.73 Å². The number of hydrogen-bond acceptors (Lipinski definition) is 7. The van der Waals surface area contributed by atoms with Crippen molar-refractivity contribution in [3.63, 3.8) is 0 Å². The summed E-state index contributed by atoms with van der Waals surface area (Å²) in [5.41, 5.74) is 1.69. The van der Waals surface area contributed by atoms with Crippen LogP contribution >= 0.6 is 23.2 Å². The van der Waals surface area contributed by atoms with E-state index < -0.39 is 0 Å². The Balaban J connectivity index is 1.94. The number of aromatic nitrogens is 2. The monoisotopic (exact) mass is 344 g/mol. The molecule has 10 heteroatoms. The SMILES string of the molecule is CNC(C)c1nnc(Nc2c(Cl)cc(Cl)c3c2N=S=N3)o1. The second kappa shape index (κ2) is 5.72. The summed E-state index contributed by atoms with van der Waals surface area (Å²) < 4.78 is 13.8. The lowest BCUT2D eigenvalue weighted by Gasteiger charge is -2.09. The van der Waals surface area contributed by atoms with Crippen molar-refractivity contribution in [2.24, 2.45) is 8.73 Å². The Hall–Kier alpha value is -1.48. The molecular formula is C11H10Cl2N6OS. The summed E-state index contributed by atoms with van der Waals surface area (Å²) in [6.07, 6.45) is 0. The van der Waals surface area contributed by atoms with Gasteiger partial charge in [0.05, 0.1) is 33.1 Å². The molecule has 1 aromatic carbocycles. The van der Waals surface area contributed by atoms with Crippen molar-refractivity contribution in [1.82, 2.24) is 15.5 Å². The molecule has 1 unspecified atom stereocenters. The molecule has 1 aliphatic heterocycles. The summed E-state index contributed by atoms with van der Waals surface area (Å²) >= 11 is 13.3. The molecule has 1 atom stereocenters. The van der Waals surface area contributed by atoms with E-state index in [2.05, 4.69) is 29.6 Å². The molecule has 2 aromatic rings. The van der Waals surface area contributed by atoms with Gasteiger partial charge in [-0.1, -0.05) is 28.3 Å². The lowest BCUT2D eigenvalue weighted by molar-refractivity contribution is 0.443.